The van der Waals surface area contributed by atoms with Crippen molar-refractivity contribution < 1.29 is 14.7 Å². The smallest absolute Gasteiger partial charge is 0.262 e. The fraction of sp³-hybridized carbons (Fsp3) is 0.522. The average molecular weight is 479 g/mol. The molecule has 0 aromatic carbocycles. The molecule has 0 unspecified atom stereocenters. The maximum absolute atomic E-state index is 12.9. The van der Waals surface area contributed by atoms with E-state index in [0.29, 0.717) is 41.7 Å². The average Bonchev–Trinajstić information content (AvgIpc) is 3.46. The lowest BCUT2D eigenvalue weighted by molar-refractivity contribution is -0.123. The fourth-order valence-corrected chi connectivity index (χ4v) is 4.93. The number of anilines is 1. The van der Waals surface area contributed by atoms with E-state index < -0.39 is 6.04 Å². The number of carbonyl (C=O) groups excluding carboxylic acids is 2. The summed E-state index contributed by atoms with van der Waals surface area (Å²) in [5.41, 5.74) is 1.71. The number of nitrogens with zero attached hydrogens (tertiary/aromatic N) is 1. The largest absolute Gasteiger partial charge is 0.396 e. The SMILES string of the molecule is Cc1ncc(Cl)cc1NCc1ccc(C(=O)N[C@@H](CC2CCCC2)C(=O)NCCCO)s1. The summed E-state index contributed by atoms with van der Waals surface area (Å²) < 4.78 is 0. The van der Waals surface area contributed by atoms with Gasteiger partial charge in [-0.15, -0.1) is 11.3 Å². The maximum Gasteiger partial charge on any atom is 0.262 e. The van der Waals surface area contributed by atoms with Crippen molar-refractivity contribution in [2.24, 2.45) is 5.92 Å². The Bertz CT molecular complexity index is 914. The number of pyridine rings is 1. The van der Waals surface area contributed by atoms with E-state index in [2.05, 4.69) is 20.9 Å². The van der Waals surface area contributed by atoms with Gasteiger partial charge in [-0.3, -0.25) is 14.6 Å². The highest BCUT2D eigenvalue weighted by molar-refractivity contribution is 7.14. The molecule has 9 heteroatoms. The third-order valence-electron chi connectivity index (χ3n) is 5.69. The van der Waals surface area contributed by atoms with Crippen molar-refractivity contribution in [3.05, 3.63) is 44.9 Å². The number of nitrogens with one attached hydrogen (secondary N) is 3. The molecule has 1 aliphatic carbocycles. The predicted octanol–water partition coefficient (Wildman–Crippen LogP) is 3.89. The number of aryl methyl sites for hydroxylation is 1. The number of carbonyl (C=O) groups is 2. The molecule has 2 amide bonds. The molecule has 2 aromatic heterocycles. The van der Waals surface area contributed by atoms with E-state index in [1.165, 1.54) is 24.2 Å². The number of rotatable bonds is 11. The van der Waals surface area contributed by atoms with Crippen LogP contribution in [-0.4, -0.2) is 41.1 Å². The van der Waals surface area contributed by atoms with Gasteiger partial charge in [-0.25, -0.2) is 0 Å². The van der Waals surface area contributed by atoms with E-state index in [1.54, 1.807) is 12.3 Å². The number of halogens is 1. The molecule has 4 N–H and O–H groups in total. The zero-order chi connectivity index (χ0) is 22.9. The van der Waals surface area contributed by atoms with Crippen molar-refractivity contribution in [3.8, 4) is 0 Å². The zero-order valence-electron chi connectivity index (χ0n) is 18.3. The first-order valence-electron chi connectivity index (χ1n) is 11.1. The Kier molecular flexibility index (Phi) is 9.32. The third-order valence-corrected chi connectivity index (χ3v) is 6.98. The predicted molar refractivity (Wildman–Crippen MR) is 128 cm³/mol. The Labute approximate surface area is 198 Å². The normalized spacial score (nSPS) is 14.8. The first-order chi connectivity index (χ1) is 15.5. The fourth-order valence-electron chi connectivity index (χ4n) is 3.92. The van der Waals surface area contributed by atoms with Gasteiger partial charge in [0.1, 0.15) is 6.04 Å². The Hall–Kier alpha value is -2.16. The summed E-state index contributed by atoms with van der Waals surface area (Å²) in [4.78, 5) is 31.3. The highest BCUT2D eigenvalue weighted by atomic mass is 35.5. The van der Waals surface area contributed by atoms with Crippen LogP contribution in [-0.2, 0) is 11.3 Å². The first-order valence-corrected chi connectivity index (χ1v) is 12.3. The number of thiophene rings is 1. The molecule has 0 spiro atoms. The van der Waals surface area contributed by atoms with Crippen LogP contribution in [0.15, 0.2) is 24.4 Å². The molecule has 1 aliphatic rings. The molecule has 7 nitrogen and oxygen atoms in total. The molecule has 1 fully saturated rings. The van der Waals surface area contributed by atoms with Crippen LogP contribution in [0.1, 0.15) is 58.8 Å². The molecule has 1 atom stereocenters. The molecule has 1 saturated carbocycles. The molecular formula is C23H31ClN4O3S. The quantitative estimate of drug-likeness (QED) is 0.367. The number of amides is 2. The van der Waals surface area contributed by atoms with Gasteiger partial charge >= 0.3 is 0 Å². The minimum atomic E-state index is -0.562. The van der Waals surface area contributed by atoms with Crippen LogP contribution < -0.4 is 16.0 Å². The summed E-state index contributed by atoms with van der Waals surface area (Å²) in [6, 6.07) is 4.96. The van der Waals surface area contributed by atoms with E-state index in [4.69, 9.17) is 16.7 Å². The van der Waals surface area contributed by atoms with Gasteiger partial charge in [0.05, 0.1) is 21.3 Å². The van der Waals surface area contributed by atoms with Crippen LogP contribution in [0.3, 0.4) is 0 Å². The number of aromatic nitrogens is 1. The molecule has 2 aromatic rings. The van der Waals surface area contributed by atoms with Crippen LogP contribution >= 0.6 is 22.9 Å². The van der Waals surface area contributed by atoms with E-state index in [1.807, 2.05) is 19.1 Å². The second-order valence-corrected chi connectivity index (χ2v) is 9.79. The first kappa shape index (κ1) is 24.5. The van der Waals surface area contributed by atoms with Crippen molar-refractivity contribution in [1.82, 2.24) is 15.6 Å². The van der Waals surface area contributed by atoms with Crippen LogP contribution in [0.2, 0.25) is 5.02 Å². The van der Waals surface area contributed by atoms with Crippen LogP contribution in [0, 0.1) is 12.8 Å². The summed E-state index contributed by atoms with van der Waals surface area (Å²) in [5.74, 6) is 0.0461. The van der Waals surface area contributed by atoms with Crippen LogP contribution in [0.25, 0.3) is 0 Å². The topological polar surface area (TPSA) is 103 Å². The van der Waals surface area contributed by atoms with E-state index in [9.17, 15) is 9.59 Å². The van der Waals surface area contributed by atoms with Crippen molar-refractivity contribution in [1.29, 1.82) is 0 Å². The van der Waals surface area contributed by atoms with Crippen molar-refractivity contribution in [2.75, 3.05) is 18.5 Å². The minimum Gasteiger partial charge on any atom is -0.396 e. The van der Waals surface area contributed by atoms with Crippen LogP contribution in [0.4, 0.5) is 5.69 Å². The van der Waals surface area contributed by atoms with Crippen molar-refractivity contribution in [3.63, 3.8) is 0 Å². The van der Waals surface area contributed by atoms with Gasteiger partial charge in [-0.2, -0.15) is 0 Å². The summed E-state index contributed by atoms with van der Waals surface area (Å²) in [6.07, 6.45) is 7.32. The summed E-state index contributed by atoms with van der Waals surface area (Å²) >= 11 is 7.42. The molecule has 0 aliphatic heterocycles. The Morgan fingerprint density at radius 3 is 2.84 bits per heavy atom. The van der Waals surface area contributed by atoms with E-state index in [0.717, 1.165) is 29.1 Å². The van der Waals surface area contributed by atoms with Gasteiger partial charge in [0.25, 0.3) is 5.91 Å². The zero-order valence-corrected chi connectivity index (χ0v) is 19.9. The Morgan fingerprint density at radius 2 is 2.09 bits per heavy atom. The number of aliphatic hydroxyl groups excluding tert-OH is 1. The second kappa shape index (κ2) is 12.2. The molecule has 0 bridgehead atoms. The highest BCUT2D eigenvalue weighted by Crippen LogP contribution is 2.29. The second-order valence-electron chi connectivity index (χ2n) is 8.19. The number of aliphatic hydroxyl groups is 1. The lowest BCUT2D eigenvalue weighted by atomic mass is 9.97. The minimum absolute atomic E-state index is 0.0245. The molecule has 2 heterocycles. The molecular weight excluding hydrogens is 448 g/mol. The van der Waals surface area contributed by atoms with E-state index >= 15 is 0 Å². The number of hydrogen-bond donors (Lipinski definition) is 4. The van der Waals surface area contributed by atoms with Crippen molar-refractivity contribution >= 4 is 40.4 Å². The van der Waals surface area contributed by atoms with Gasteiger partial charge in [0.2, 0.25) is 5.91 Å². The summed E-state index contributed by atoms with van der Waals surface area (Å²) in [7, 11) is 0. The lowest BCUT2D eigenvalue weighted by Gasteiger charge is -2.21. The summed E-state index contributed by atoms with van der Waals surface area (Å²) in [6.45, 7) is 2.88. The van der Waals surface area contributed by atoms with E-state index in [-0.39, 0.29) is 18.4 Å². The Morgan fingerprint density at radius 1 is 1.31 bits per heavy atom. The van der Waals surface area contributed by atoms with Crippen molar-refractivity contribution in [2.45, 2.75) is 58.0 Å². The Balaban J connectivity index is 1.59. The standard InChI is InChI=1S/C23H31ClN4O3S/c1-15-19(12-17(24)13-26-15)27-14-18-7-8-21(32-18)23(31)28-20(11-16-5-2-3-6-16)22(30)25-9-4-10-29/h7-8,12-13,16,20,27,29H,2-6,9-11,14H2,1H3,(H,25,30)(H,28,31)/t20-/m0/s1. The van der Waals surface area contributed by atoms with Gasteiger partial charge in [-0.1, -0.05) is 37.3 Å². The van der Waals surface area contributed by atoms with Gasteiger partial charge in [0.15, 0.2) is 0 Å². The third kappa shape index (κ3) is 7.18. The van der Waals surface area contributed by atoms with Gasteiger partial charge < -0.3 is 21.1 Å². The molecule has 32 heavy (non-hydrogen) atoms. The summed E-state index contributed by atoms with van der Waals surface area (Å²) in [5, 5.41) is 18.6. The molecule has 174 valence electrons. The molecule has 0 radical (unpaired) electrons. The molecule has 0 saturated heterocycles. The van der Waals surface area contributed by atoms with Gasteiger partial charge in [0, 0.05) is 30.8 Å². The monoisotopic (exact) mass is 478 g/mol. The molecule has 3 rings (SSSR count). The maximum atomic E-state index is 12.9. The van der Waals surface area contributed by atoms with Crippen LogP contribution in [0.5, 0.6) is 0 Å². The van der Waals surface area contributed by atoms with Gasteiger partial charge in [-0.05, 0) is 43.9 Å². The highest BCUT2D eigenvalue weighted by Gasteiger charge is 2.27. The lowest BCUT2D eigenvalue weighted by Crippen LogP contribution is -2.47. The number of hydrogen-bond acceptors (Lipinski definition) is 6.